The Labute approximate surface area is 300 Å². The number of aromatic amines is 1. The van der Waals surface area contributed by atoms with Gasteiger partial charge in [-0.05, 0) is 62.6 Å². The predicted molar refractivity (Wildman–Crippen MR) is 193 cm³/mol. The maximum Gasteiger partial charge on any atom is 0.410 e. The number of aromatic nitrogens is 6. The number of hydrogen-bond acceptors (Lipinski definition) is 8. The first-order valence-electron chi connectivity index (χ1n) is 17.8. The highest BCUT2D eigenvalue weighted by Gasteiger charge is 2.32. The van der Waals surface area contributed by atoms with Gasteiger partial charge in [-0.3, -0.25) is 14.6 Å². The summed E-state index contributed by atoms with van der Waals surface area (Å²) in [6, 6.07) is 26.3. The molecule has 2 saturated heterocycles. The topological polar surface area (TPSA) is 139 Å². The number of H-pyrrole nitrogens is 1. The zero-order chi connectivity index (χ0) is 35.9. The van der Waals surface area contributed by atoms with E-state index in [-0.39, 0.29) is 43.0 Å². The van der Waals surface area contributed by atoms with E-state index >= 15 is 0 Å². The van der Waals surface area contributed by atoms with Crippen molar-refractivity contribution in [3.8, 4) is 0 Å². The van der Waals surface area contributed by atoms with Crippen LogP contribution in [0.25, 0.3) is 11.3 Å². The molecule has 0 radical (unpaired) electrons. The lowest BCUT2D eigenvalue weighted by atomic mass is 10.00. The van der Waals surface area contributed by atoms with Gasteiger partial charge < -0.3 is 14.5 Å². The van der Waals surface area contributed by atoms with Gasteiger partial charge in [0.15, 0.2) is 5.65 Å². The first-order chi connectivity index (χ1) is 25.4. The summed E-state index contributed by atoms with van der Waals surface area (Å²) in [4.78, 5) is 47.6. The molecule has 0 aliphatic carbocycles. The molecule has 268 valence electrons. The van der Waals surface area contributed by atoms with Gasteiger partial charge in [0.25, 0.3) is 5.56 Å². The second-order valence-electron chi connectivity index (χ2n) is 13.1. The lowest BCUT2D eigenvalue weighted by molar-refractivity contribution is 0.0663. The molecular formula is C39H42N8O5. The van der Waals surface area contributed by atoms with Crippen molar-refractivity contribution >= 4 is 23.5 Å². The number of hydrogen-bond donors (Lipinski definition) is 1. The standard InChI is InChI=1S/C20H22N4O2.C19H20N4O3/c1-15-10-12-24-19(21-15)13-17(22-24)18-9-5-6-11-23(18)20(25)26-14-16-7-3-2-4-8-16;24-18-9-11-23-17(20-18)12-15(21-23)16-8-4-5-10-22(16)19(25)26-13-14-6-2-1-3-7-14/h2-4,7-8,10,12-13,18H,5-6,9,11,14H2,1H3;1-3,6-7,9,11-12,16H,4-5,8,10,13H2,(H,20,24)/t18-;16-/m00/s1. The van der Waals surface area contributed by atoms with Gasteiger partial charge in [-0.1, -0.05) is 60.7 Å². The van der Waals surface area contributed by atoms with E-state index in [1.165, 1.54) is 6.07 Å². The highest BCUT2D eigenvalue weighted by molar-refractivity contribution is 5.69. The minimum absolute atomic E-state index is 0.0611. The third-order valence-electron chi connectivity index (χ3n) is 9.42. The quantitative estimate of drug-likeness (QED) is 0.200. The SMILES string of the molecule is Cc1ccn2nc([C@@H]3CCCCN3C(=O)OCc3ccccc3)cc2n1.O=C(OCc1ccccc1)N1CCCC[C@H]1c1cc2[nH]c(=O)ccn2n1. The molecule has 0 spiro atoms. The summed E-state index contributed by atoms with van der Waals surface area (Å²) in [7, 11) is 0. The average molecular weight is 703 g/mol. The van der Waals surface area contributed by atoms with Gasteiger partial charge in [0.2, 0.25) is 0 Å². The number of nitrogens with one attached hydrogen (secondary N) is 1. The lowest BCUT2D eigenvalue weighted by Gasteiger charge is -2.33. The Kier molecular flexibility index (Phi) is 10.6. The minimum atomic E-state index is -0.330. The summed E-state index contributed by atoms with van der Waals surface area (Å²) in [5.74, 6) is 0. The average Bonchev–Trinajstić information content (AvgIpc) is 3.81. The Morgan fingerprint density at radius 2 is 1.25 bits per heavy atom. The second-order valence-corrected chi connectivity index (χ2v) is 13.1. The van der Waals surface area contributed by atoms with E-state index in [4.69, 9.17) is 9.47 Å². The van der Waals surface area contributed by atoms with E-state index in [9.17, 15) is 14.4 Å². The molecule has 2 atom stereocenters. The lowest BCUT2D eigenvalue weighted by Crippen LogP contribution is -2.39. The highest BCUT2D eigenvalue weighted by Crippen LogP contribution is 2.32. The molecule has 0 unspecified atom stereocenters. The van der Waals surface area contributed by atoms with Crippen LogP contribution in [0.4, 0.5) is 9.59 Å². The van der Waals surface area contributed by atoms with Crippen molar-refractivity contribution in [2.45, 2.75) is 70.7 Å². The van der Waals surface area contributed by atoms with E-state index in [2.05, 4.69) is 20.2 Å². The van der Waals surface area contributed by atoms with Crippen LogP contribution >= 0.6 is 0 Å². The first kappa shape index (κ1) is 34.5. The van der Waals surface area contributed by atoms with Crippen molar-refractivity contribution in [3.05, 3.63) is 136 Å². The number of carbonyl (C=O) groups excluding carboxylic acids is 2. The van der Waals surface area contributed by atoms with Crippen LogP contribution in [-0.2, 0) is 22.7 Å². The third kappa shape index (κ3) is 8.14. The van der Waals surface area contributed by atoms with Crippen LogP contribution in [0.3, 0.4) is 0 Å². The first-order valence-corrected chi connectivity index (χ1v) is 17.8. The normalized spacial score (nSPS) is 17.4. The van der Waals surface area contributed by atoms with Crippen LogP contribution in [0.5, 0.6) is 0 Å². The minimum Gasteiger partial charge on any atom is -0.445 e. The molecule has 2 aliphatic heterocycles. The summed E-state index contributed by atoms with van der Waals surface area (Å²) in [6.45, 7) is 3.83. The summed E-state index contributed by atoms with van der Waals surface area (Å²) in [5.41, 5.74) is 5.79. The summed E-state index contributed by atoms with van der Waals surface area (Å²) in [6.07, 6.45) is 8.68. The molecule has 8 rings (SSSR count). The Balaban J connectivity index is 0.000000162. The molecule has 13 heteroatoms. The zero-order valence-corrected chi connectivity index (χ0v) is 29.1. The van der Waals surface area contributed by atoms with Crippen LogP contribution in [0, 0.1) is 6.92 Å². The molecular weight excluding hydrogens is 660 g/mol. The van der Waals surface area contributed by atoms with Crippen molar-refractivity contribution in [2.24, 2.45) is 0 Å². The number of rotatable bonds is 6. The Hall–Kier alpha value is -5.98. The zero-order valence-electron chi connectivity index (χ0n) is 29.1. The van der Waals surface area contributed by atoms with Crippen LogP contribution in [0.2, 0.25) is 0 Å². The molecule has 1 N–H and O–H groups in total. The number of carbonyl (C=O) groups is 2. The molecule has 0 saturated carbocycles. The molecule has 13 nitrogen and oxygen atoms in total. The molecule has 2 fully saturated rings. The number of fused-ring (bicyclic) bond motifs is 2. The van der Waals surface area contributed by atoms with Crippen molar-refractivity contribution in [2.75, 3.05) is 13.1 Å². The highest BCUT2D eigenvalue weighted by atomic mass is 16.6. The van der Waals surface area contributed by atoms with E-state index in [0.29, 0.717) is 18.7 Å². The van der Waals surface area contributed by atoms with Gasteiger partial charge >= 0.3 is 12.2 Å². The largest absolute Gasteiger partial charge is 0.445 e. The van der Waals surface area contributed by atoms with Crippen LogP contribution in [0.1, 0.15) is 78.8 Å². The number of piperidine rings is 2. The maximum absolute atomic E-state index is 12.7. The van der Waals surface area contributed by atoms with Crippen molar-refractivity contribution < 1.29 is 19.1 Å². The molecule has 2 amide bonds. The molecule has 2 aliphatic rings. The van der Waals surface area contributed by atoms with E-state index in [0.717, 1.165) is 72.4 Å². The number of likely N-dealkylation sites (tertiary alicyclic amines) is 2. The summed E-state index contributed by atoms with van der Waals surface area (Å²) >= 11 is 0. The van der Waals surface area contributed by atoms with Gasteiger partial charge in [-0.2, -0.15) is 10.2 Å². The number of benzene rings is 2. The second kappa shape index (κ2) is 15.9. The van der Waals surface area contributed by atoms with Gasteiger partial charge in [0, 0.05) is 49.4 Å². The fourth-order valence-electron chi connectivity index (χ4n) is 6.76. The monoisotopic (exact) mass is 702 g/mol. The van der Waals surface area contributed by atoms with Gasteiger partial charge in [-0.15, -0.1) is 0 Å². The molecule has 2 aromatic carbocycles. The molecule has 6 heterocycles. The number of amides is 2. The predicted octanol–water partition coefficient (Wildman–Crippen LogP) is 6.79. The molecule has 52 heavy (non-hydrogen) atoms. The van der Waals surface area contributed by atoms with Crippen LogP contribution in [0.15, 0.2) is 102 Å². The molecule has 4 aromatic heterocycles. The van der Waals surface area contributed by atoms with Crippen molar-refractivity contribution in [3.63, 3.8) is 0 Å². The Bertz CT molecular complexity index is 2180. The van der Waals surface area contributed by atoms with Crippen LogP contribution < -0.4 is 5.56 Å². The smallest absolute Gasteiger partial charge is 0.410 e. The fourth-order valence-corrected chi connectivity index (χ4v) is 6.76. The van der Waals surface area contributed by atoms with Crippen molar-refractivity contribution in [1.82, 2.24) is 39.0 Å². The van der Waals surface area contributed by atoms with Gasteiger partial charge in [0.1, 0.15) is 18.9 Å². The van der Waals surface area contributed by atoms with Crippen molar-refractivity contribution in [1.29, 1.82) is 0 Å². The van der Waals surface area contributed by atoms with Gasteiger partial charge in [0.05, 0.1) is 23.5 Å². The molecule has 6 aromatic rings. The fraction of sp³-hybridized carbons (Fsp3) is 0.333. The number of aryl methyl sites for hydroxylation is 1. The van der Waals surface area contributed by atoms with E-state index in [1.807, 2.05) is 92.0 Å². The maximum atomic E-state index is 12.7. The van der Waals surface area contributed by atoms with E-state index in [1.54, 1.807) is 25.0 Å². The molecule has 0 bridgehead atoms. The summed E-state index contributed by atoms with van der Waals surface area (Å²) in [5, 5.41) is 9.16. The summed E-state index contributed by atoms with van der Waals surface area (Å²) < 4.78 is 14.4. The third-order valence-corrected chi connectivity index (χ3v) is 9.42. The Morgan fingerprint density at radius 1 is 0.712 bits per heavy atom. The number of nitrogens with zero attached hydrogens (tertiary/aromatic N) is 7. The Morgan fingerprint density at radius 3 is 1.85 bits per heavy atom. The number of ether oxygens (including phenoxy) is 2. The van der Waals surface area contributed by atoms with Gasteiger partial charge in [-0.25, -0.2) is 23.6 Å². The van der Waals surface area contributed by atoms with E-state index < -0.39 is 0 Å². The van der Waals surface area contributed by atoms with Crippen LogP contribution in [-0.4, -0.2) is 64.3 Å².